The predicted molar refractivity (Wildman–Crippen MR) is 81.4 cm³/mol. The Bertz CT molecular complexity index is 559. The van der Waals surface area contributed by atoms with E-state index in [2.05, 4.69) is 10.5 Å². The van der Waals surface area contributed by atoms with Gasteiger partial charge in [0.15, 0.2) is 0 Å². The van der Waals surface area contributed by atoms with Crippen LogP contribution in [0.2, 0.25) is 10.0 Å². The number of hydrogen-bond donors (Lipinski definition) is 1. The van der Waals surface area contributed by atoms with Gasteiger partial charge in [0.2, 0.25) is 0 Å². The fourth-order valence-corrected chi connectivity index (χ4v) is 3.67. The predicted octanol–water partition coefficient (Wildman–Crippen LogP) is 4.15. The van der Waals surface area contributed by atoms with E-state index in [9.17, 15) is 4.79 Å². The lowest BCUT2D eigenvalue weighted by Crippen LogP contribution is -2.20. The summed E-state index contributed by atoms with van der Waals surface area (Å²) in [5.74, 6) is 1.92. The molecule has 1 amide bonds. The summed E-state index contributed by atoms with van der Waals surface area (Å²) < 4.78 is 0. The molecule has 0 unspecified atom stereocenters. The van der Waals surface area contributed by atoms with Crippen LogP contribution in [0.3, 0.4) is 0 Å². The van der Waals surface area contributed by atoms with Crippen LogP contribution in [0, 0.1) is 17.8 Å². The normalized spacial score (nSPS) is 28.2. The molecule has 2 bridgehead atoms. The molecular formula is C15H16Cl2N2O. The largest absolute Gasteiger partial charge is 0.271 e. The number of carbonyl (C=O) groups is 1. The van der Waals surface area contributed by atoms with Gasteiger partial charge in [-0.05, 0) is 55.2 Å². The molecule has 0 heterocycles. The van der Waals surface area contributed by atoms with Gasteiger partial charge >= 0.3 is 0 Å². The van der Waals surface area contributed by atoms with Crippen molar-refractivity contribution in [3.63, 3.8) is 0 Å². The van der Waals surface area contributed by atoms with Gasteiger partial charge in [0, 0.05) is 11.8 Å². The van der Waals surface area contributed by atoms with Gasteiger partial charge < -0.3 is 0 Å². The lowest BCUT2D eigenvalue weighted by Gasteiger charge is -2.16. The number of nitrogens with one attached hydrogen (secondary N) is 1. The number of amides is 1. The Balaban J connectivity index is 1.57. The van der Waals surface area contributed by atoms with Crippen LogP contribution in [0.15, 0.2) is 23.3 Å². The topological polar surface area (TPSA) is 41.5 Å². The summed E-state index contributed by atoms with van der Waals surface area (Å²) in [5, 5.41) is 4.91. The van der Waals surface area contributed by atoms with Crippen LogP contribution in [-0.2, 0) is 0 Å². The molecule has 0 saturated heterocycles. The molecule has 2 aliphatic carbocycles. The van der Waals surface area contributed by atoms with Gasteiger partial charge in [0.25, 0.3) is 5.91 Å². The highest BCUT2D eigenvalue weighted by atomic mass is 35.5. The van der Waals surface area contributed by atoms with E-state index >= 15 is 0 Å². The molecule has 0 spiro atoms. The molecule has 2 saturated carbocycles. The van der Waals surface area contributed by atoms with E-state index in [0.29, 0.717) is 21.5 Å². The molecular weight excluding hydrogens is 295 g/mol. The highest BCUT2D eigenvalue weighted by Crippen LogP contribution is 2.47. The number of carbonyl (C=O) groups excluding carboxylic acids is 1. The standard InChI is InChI=1S/C15H16Cl2N2O/c16-13-4-3-11(7-14(13)17)15(20)19-18-8-12-6-9-1-2-10(12)5-9/h3-4,7-10,12H,1-2,5-6H2,(H,19,20)/b18-8-/t9-,10-,12-/m0/s1. The summed E-state index contributed by atoms with van der Waals surface area (Å²) in [6.45, 7) is 0. The molecule has 1 aromatic rings. The van der Waals surface area contributed by atoms with Crippen LogP contribution in [0.5, 0.6) is 0 Å². The Kier molecular flexibility index (Phi) is 3.99. The van der Waals surface area contributed by atoms with Crippen LogP contribution in [0.25, 0.3) is 0 Å². The van der Waals surface area contributed by atoms with Crippen molar-refractivity contribution in [2.24, 2.45) is 22.9 Å². The molecule has 20 heavy (non-hydrogen) atoms. The zero-order valence-corrected chi connectivity index (χ0v) is 12.5. The lowest BCUT2D eigenvalue weighted by atomic mass is 9.90. The Morgan fingerprint density at radius 2 is 2.10 bits per heavy atom. The molecule has 5 heteroatoms. The number of rotatable bonds is 3. The molecule has 0 aliphatic heterocycles. The smallest absolute Gasteiger partial charge is 0.267 e. The van der Waals surface area contributed by atoms with Gasteiger partial charge in [-0.25, -0.2) is 5.43 Å². The molecule has 1 N–H and O–H groups in total. The number of hydrogen-bond acceptors (Lipinski definition) is 2. The van der Waals surface area contributed by atoms with E-state index in [1.807, 2.05) is 6.21 Å². The first-order valence-corrected chi connectivity index (χ1v) is 7.67. The highest BCUT2D eigenvalue weighted by molar-refractivity contribution is 6.42. The highest BCUT2D eigenvalue weighted by Gasteiger charge is 2.38. The first kappa shape index (κ1) is 13.9. The first-order chi connectivity index (χ1) is 9.63. The number of benzene rings is 1. The van der Waals surface area contributed by atoms with Crippen molar-refractivity contribution in [3.8, 4) is 0 Å². The van der Waals surface area contributed by atoms with Crippen molar-refractivity contribution >= 4 is 35.3 Å². The second kappa shape index (κ2) is 5.74. The number of halogens is 2. The lowest BCUT2D eigenvalue weighted by molar-refractivity contribution is 0.0955. The van der Waals surface area contributed by atoms with Crippen LogP contribution < -0.4 is 5.43 Å². The zero-order chi connectivity index (χ0) is 14.1. The Labute approximate surface area is 128 Å². The maximum Gasteiger partial charge on any atom is 0.271 e. The van der Waals surface area contributed by atoms with Gasteiger partial charge in [-0.3, -0.25) is 4.79 Å². The van der Waals surface area contributed by atoms with Crippen LogP contribution in [0.1, 0.15) is 36.0 Å². The maximum atomic E-state index is 11.9. The quantitative estimate of drug-likeness (QED) is 0.661. The minimum absolute atomic E-state index is 0.261. The summed E-state index contributed by atoms with van der Waals surface area (Å²) in [6.07, 6.45) is 7.13. The molecule has 0 aromatic heterocycles. The van der Waals surface area contributed by atoms with Crippen molar-refractivity contribution < 1.29 is 4.79 Å². The zero-order valence-electron chi connectivity index (χ0n) is 11.0. The second-order valence-corrected chi connectivity index (χ2v) is 6.50. The molecule has 106 valence electrons. The SMILES string of the molecule is O=C(N/N=C\[C@@H]1C[C@H]2CC[C@H]1C2)c1ccc(Cl)c(Cl)c1. The average molecular weight is 311 g/mol. The van der Waals surface area contributed by atoms with Gasteiger partial charge in [-0.15, -0.1) is 0 Å². The monoisotopic (exact) mass is 310 g/mol. The number of fused-ring (bicyclic) bond motifs is 2. The molecule has 0 radical (unpaired) electrons. The van der Waals surface area contributed by atoms with Crippen molar-refractivity contribution in [2.45, 2.75) is 25.7 Å². The van der Waals surface area contributed by atoms with Gasteiger partial charge in [0.05, 0.1) is 10.0 Å². The van der Waals surface area contributed by atoms with Crippen LogP contribution in [0.4, 0.5) is 0 Å². The molecule has 2 fully saturated rings. The van der Waals surface area contributed by atoms with Gasteiger partial charge in [-0.1, -0.05) is 29.6 Å². The Hall–Kier alpha value is -1.06. The molecule has 3 nitrogen and oxygen atoms in total. The van der Waals surface area contributed by atoms with Crippen molar-refractivity contribution in [3.05, 3.63) is 33.8 Å². The van der Waals surface area contributed by atoms with Gasteiger partial charge in [-0.2, -0.15) is 5.10 Å². The maximum absolute atomic E-state index is 11.9. The second-order valence-electron chi connectivity index (χ2n) is 5.69. The van der Waals surface area contributed by atoms with Crippen molar-refractivity contribution in [1.82, 2.24) is 5.43 Å². The van der Waals surface area contributed by atoms with Gasteiger partial charge in [0.1, 0.15) is 0 Å². The Morgan fingerprint density at radius 1 is 1.25 bits per heavy atom. The van der Waals surface area contributed by atoms with E-state index in [1.54, 1.807) is 18.2 Å². The molecule has 3 rings (SSSR count). The summed E-state index contributed by atoms with van der Waals surface area (Å²) in [4.78, 5) is 11.9. The van der Waals surface area contributed by atoms with E-state index < -0.39 is 0 Å². The summed E-state index contributed by atoms with van der Waals surface area (Å²) >= 11 is 11.7. The van der Waals surface area contributed by atoms with E-state index in [1.165, 1.54) is 25.7 Å². The third-order valence-corrected chi connectivity index (χ3v) is 5.15. The fraction of sp³-hybridized carbons (Fsp3) is 0.467. The van der Waals surface area contributed by atoms with Crippen molar-refractivity contribution in [2.75, 3.05) is 0 Å². The van der Waals surface area contributed by atoms with E-state index in [4.69, 9.17) is 23.2 Å². The molecule has 2 aliphatic rings. The van der Waals surface area contributed by atoms with E-state index in [-0.39, 0.29) is 5.91 Å². The third kappa shape index (κ3) is 2.84. The third-order valence-electron chi connectivity index (χ3n) is 4.41. The van der Waals surface area contributed by atoms with Crippen LogP contribution >= 0.6 is 23.2 Å². The fourth-order valence-electron chi connectivity index (χ4n) is 3.37. The summed E-state index contributed by atoms with van der Waals surface area (Å²) in [7, 11) is 0. The minimum atomic E-state index is -0.261. The van der Waals surface area contributed by atoms with Crippen LogP contribution in [-0.4, -0.2) is 12.1 Å². The molecule has 3 atom stereocenters. The van der Waals surface area contributed by atoms with Crippen molar-refractivity contribution in [1.29, 1.82) is 0 Å². The Morgan fingerprint density at radius 3 is 2.75 bits per heavy atom. The average Bonchev–Trinajstić information content (AvgIpc) is 3.04. The summed E-state index contributed by atoms with van der Waals surface area (Å²) in [5.41, 5.74) is 3.02. The number of hydrazone groups is 1. The van der Waals surface area contributed by atoms with E-state index in [0.717, 1.165) is 11.8 Å². The minimum Gasteiger partial charge on any atom is -0.267 e. The summed E-state index contributed by atoms with van der Waals surface area (Å²) in [6, 6.07) is 4.79. The first-order valence-electron chi connectivity index (χ1n) is 6.92. The number of nitrogens with zero attached hydrogens (tertiary/aromatic N) is 1. The molecule has 1 aromatic carbocycles.